The molecule has 2 amide bonds. The molecule has 1 heterocycles. The smallest absolute Gasteiger partial charge is 0.306 e. The van der Waals surface area contributed by atoms with Crippen LogP contribution in [0, 0.1) is 0 Å². The van der Waals surface area contributed by atoms with E-state index in [1.165, 1.54) is 0 Å². The van der Waals surface area contributed by atoms with Gasteiger partial charge in [0.15, 0.2) is 0 Å². The van der Waals surface area contributed by atoms with Crippen molar-refractivity contribution in [3.05, 3.63) is 40.0 Å². The van der Waals surface area contributed by atoms with E-state index in [4.69, 9.17) is 23.2 Å². The Balaban J connectivity index is 2.07. The Morgan fingerprint density at radius 2 is 2.16 bits per heavy atom. The second-order valence-electron chi connectivity index (χ2n) is 3.83. The maximum atomic E-state index is 11.8. The van der Waals surface area contributed by atoms with Gasteiger partial charge in [-0.3, -0.25) is 10.4 Å². The number of aryl methyl sites for hydroxylation is 1. The van der Waals surface area contributed by atoms with Crippen molar-refractivity contribution in [2.75, 3.05) is 10.6 Å². The minimum Gasteiger partial charge on any atom is -0.306 e. The van der Waals surface area contributed by atoms with E-state index < -0.39 is 6.03 Å². The predicted molar refractivity (Wildman–Crippen MR) is 77.1 cm³/mol. The van der Waals surface area contributed by atoms with E-state index in [0.717, 1.165) is 12.0 Å². The third-order valence-electron chi connectivity index (χ3n) is 2.51. The van der Waals surface area contributed by atoms with Crippen molar-refractivity contribution in [3.8, 4) is 0 Å². The van der Waals surface area contributed by atoms with Crippen LogP contribution >= 0.6 is 23.2 Å². The maximum Gasteiger partial charge on any atom is 0.324 e. The molecule has 0 radical (unpaired) electrons. The number of hydrogen-bond acceptors (Lipinski definition) is 2. The molecule has 100 valence electrons. The van der Waals surface area contributed by atoms with Gasteiger partial charge in [0.2, 0.25) is 0 Å². The molecule has 7 heteroatoms. The Morgan fingerprint density at radius 3 is 2.89 bits per heavy atom. The number of nitrogens with one attached hydrogen (secondary N) is 3. The molecule has 1 aromatic heterocycles. The number of aromatic amines is 1. The molecular formula is C12H12Cl2N4O. The number of urea groups is 1. The van der Waals surface area contributed by atoms with Gasteiger partial charge in [-0.25, -0.2) is 4.79 Å². The Labute approximate surface area is 120 Å². The monoisotopic (exact) mass is 298 g/mol. The van der Waals surface area contributed by atoms with E-state index >= 15 is 0 Å². The number of hydrogen-bond donors (Lipinski definition) is 3. The van der Waals surface area contributed by atoms with Crippen LogP contribution < -0.4 is 10.6 Å². The summed E-state index contributed by atoms with van der Waals surface area (Å²) < 4.78 is 0. The zero-order valence-corrected chi connectivity index (χ0v) is 11.6. The summed E-state index contributed by atoms with van der Waals surface area (Å²) in [5, 5.41) is 12.8. The summed E-state index contributed by atoms with van der Waals surface area (Å²) in [4.78, 5) is 11.8. The van der Waals surface area contributed by atoms with E-state index in [1.807, 2.05) is 6.92 Å². The Morgan fingerprint density at radius 1 is 1.37 bits per heavy atom. The van der Waals surface area contributed by atoms with E-state index in [9.17, 15) is 4.79 Å². The summed E-state index contributed by atoms with van der Waals surface area (Å²) in [5.41, 5.74) is 1.37. The zero-order valence-electron chi connectivity index (χ0n) is 10.1. The van der Waals surface area contributed by atoms with Gasteiger partial charge in [0.05, 0.1) is 16.9 Å². The second kappa shape index (κ2) is 5.95. The summed E-state index contributed by atoms with van der Waals surface area (Å²) in [5.74, 6) is 0.568. The van der Waals surface area contributed by atoms with Crippen molar-refractivity contribution in [3.63, 3.8) is 0 Å². The molecule has 2 rings (SSSR count). The van der Waals surface area contributed by atoms with Crippen LogP contribution in [-0.2, 0) is 6.42 Å². The van der Waals surface area contributed by atoms with Crippen molar-refractivity contribution in [1.29, 1.82) is 0 Å². The van der Waals surface area contributed by atoms with E-state index in [1.54, 1.807) is 24.4 Å². The molecule has 5 nitrogen and oxygen atoms in total. The van der Waals surface area contributed by atoms with Gasteiger partial charge in [-0.05, 0) is 24.6 Å². The van der Waals surface area contributed by atoms with Gasteiger partial charge >= 0.3 is 6.03 Å². The SMILES string of the molecule is CCc1cn[nH]c1NC(=O)Nc1cc(Cl)ccc1Cl. The van der Waals surface area contributed by atoms with Crippen LogP contribution in [0.4, 0.5) is 16.3 Å². The standard InChI is InChI=1S/C12H12Cl2N4O/c1-2-7-6-15-18-11(7)17-12(19)16-10-5-8(13)3-4-9(10)14/h3-6H,2H2,1H3,(H3,15,16,17,18,19). The summed E-state index contributed by atoms with van der Waals surface area (Å²) in [6.45, 7) is 1.97. The number of anilines is 2. The van der Waals surface area contributed by atoms with Gasteiger partial charge in [0.1, 0.15) is 5.82 Å². The normalized spacial score (nSPS) is 10.3. The fourth-order valence-electron chi connectivity index (χ4n) is 1.55. The molecule has 0 bridgehead atoms. The Bertz CT molecular complexity index is 597. The number of amides is 2. The van der Waals surface area contributed by atoms with Gasteiger partial charge in [0, 0.05) is 10.6 Å². The lowest BCUT2D eigenvalue weighted by Gasteiger charge is -2.09. The van der Waals surface area contributed by atoms with Crippen molar-refractivity contribution in [2.24, 2.45) is 0 Å². The quantitative estimate of drug-likeness (QED) is 0.804. The predicted octanol–water partition coefficient (Wildman–Crippen LogP) is 3.92. The highest BCUT2D eigenvalue weighted by atomic mass is 35.5. The van der Waals surface area contributed by atoms with Gasteiger partial charge in [-0.15, -0.1) is 0 Å². The van der Waals surface area contributed by atoms with Crippen molar-refractivity contribution in [2.45, 2.75) is 13.3 Å². The molecule has 0 saturated heterocycles. The third kappa shape index (κ3) is 3.39. The first-order chi connectivity index (χ1) is 9.10. The average molecular weight is 299 g/mol. The molecule has 2 aromatic rings. The van der Waals surface area contributed by atoms with Gasteiger partial charge < -0.3 is 5.32 Å². The average Bonchev–Trinajstić information content (AvgIpc) is 2.81. The Kier molecular flexibility index (Phi) is 4.29. The third-order valence-corrected chi connectivity index (χ3v) is 3.08. The number of carbonyl (C=O) groups excluding carboxylic acids is 1. The van der Waals surface area contributed by atoms with Crippen LogP contribution in [0.5, 0.6) is 0 Å². The van der Waals surface area contributed by atoms with Crippen molar-refractivity contribution in [1.82, 2.24) is 10.2 Å². The molecule has 19 heavy (non-hydrogen) atoms. The molecule has 0 spiro atoms. The summed E-state index contributed by atoms with van der Waals surface area (Å²) in [7, 11) is 0. The largest absolute Gasteiger partial charge is 0.324 e. The molecule has 1 aromatic carbocycles. The molecular weight excluding hydrogens is 287 g/mol. The number of H-pyrrole nitrogens is 1. The first kappa shape index (κ1) is 13.7. The lowest BCUT2D eigenvalue weighted by molar-refractivity contribution is 0.262. The van der Waals surface area contributed by atoms with E-state index in [2.05, 4.69) is 20.8 Å². The summed E-state index contributed by atoms with van der Waals surface area (Å²) >= 11 is 11.8. The molecule has 0 unspecified atom stereocenters. The first-order valence-corrected chi connectivity index (χ1v) is 6.41. The van der Waals surface area contributed by atoms with Crippen LogP contribution in [0.1, 0.15) is 12.5 Å². The number of benzene rings is 1. The maximum absolute atomic E-state index is 11.8. The highest BCUT2D eigenvalue weighted by Crippen LogP contribution is 2.25. The number of carbonyl (C=O) groups is 1. The molecule has 0 aliphatic rings. The molecule has 0 atom stereocenters. The van der Waals surface area contributed by atoms with E-state index in [-0.39, 0.29) is 0 Å². The van der Waals surface area contributed by atoms with Gasteiger partial charge in [-0.1, -0.05) is 30.1 Å². The van der Waals surface area contributed by atoms with Gasteiger partial charge in [0.25, 0.3) is 0 Å². The highest BCUT2D eigenvalue weighted by Gasteiger charge is 2.09. The molecule has 0 saturated carbocycles. The molecule has 0 aliphatic heterocycles. The summed E-state index contributed by atoms with van der Waals surface area (Å²) in [6.07, 6.45) is 2.44. The second-order valence-corrected chi connectivity index (χ2v) is 4.67. The van der Waals surface area contributed by atoms with Crippen molar-refractivity contribution < 1.29 is 4.79 Å². The highest BCUT2D eigenvalue weighted by molar-refractivity contribution is 6.35. The fourth-order valence-corrected chi connectivity index (χ4v) is 1.88. The lowest BCUT2D eigenvalue weighted by atomic mass is 10.2. The fraction of sp³-hybridized carbons (Fsp3) is 0.167. The van der Waals surface area contributed by atoms with E-state index in [0.29, 0.717) is 21.6 Å². The minimum atomic E-state index is -0.414. The van der Waals surface area contributed by atoms with Crippen LogP contribution in [0.3, 0.4) is 0 Å². The lowest BCUT2D eigenvalue weighted by Crippen LogP contribution is -2.20. The number of halogens is 2. The zero-order chi connectivity index (χ0) is 13.8. The molecule has 0 aliphatic carbocycles. The topological polar surface area (TPSA) is 69.8 Å². The minimum absolute atomic E-state index is 0.414. The summed E-state index contributed by atoms with van der Waals surface area (Å²) in [6, 6.07) is 4.43. The molecule has 3 N–H and O–H groups in total. The number of rotatable bonds is 3. The van der Waals surface area contributed by atoms with Crippen LogP contribution in [0.25, 0.3) is 0 Å². The number of nitrogens with zero attached hydrogens (tertiary/aromatic N) is 1. The Hall–Kier alpha value is -1.72. The first-order valence-electron chi connectivity index (χ1n) is 5.65. The van der Waals surface area contributed by atoms with Crippen LogP contribution in [0.2, 0.25) is 10.0 Å². The van der Waals surface area contributed by atoms with Crippen LogP contribution in [-0.4, -0.2) is 16.2 Å². The van der Waals surface area contributed by atoms with Crippen LogP contribution in [0.15, 0.2) is 24.4 Å². The van der Waals surface area contributed by atoms with Gasteiger partial charge in [-0.2, -0.15) is 5.10 Å². The number of aromatic nitrogens is 2. The molecule has 0 fully saturated rings. The van der Waals surface area contributed by atoms with Crippen molar-refractivity contribution >= 4 is 40.7 Å².